The third-order valence-corrected chi connectivity index (χ3v) is 4.06. The molecule has 1 aromatic rings. The van der Waals surface area contributed by atoms with Gasteiger partial charge in [0.25, 0.3) is 5.91 Å². The van der Waals surface area contributed by atoms with Crippen molar-refractivity contribution in [3.63, 3.8) is 0 Å². The van der Waals surface area contributed by atoms with Crippen LogP contribution in [0, 0.1) is 0 Å². The first kappa shape index (κ1) is 18.0. The molecule has 0 aromatic heterocycles. The first-order valence-electron chi connectivity index (χ1n) is 6.31. The smallest absolute Gasteiger partial charge is 0.341 e. The third-order valence-electron chi connectivity index (χ3n) is 2.66. The highest BCUT2D eigenvalue weighted by atomic mass is 32.2. The van der Waals surface area contributed by atoms with Crippen LogP contribution in [-0.2, 0) is 19.4 Å². The van der Waals surface area contributed by atoms with Gasteiger partial charge in [-0.1, -0.05) is 0 Å². The number of sulfone groups is 1. The SMILES string of the molecule is CCNC(=O)[C@H](C)OC(=O)c1ccc(S(=O)(=O)C(F)F)cc1. The van der Waals surface area contributed by atoms with Gasteiger partial charge in [0.15, 0.2) is 6.10 Å². The van der Waals surface area contributed by atoms with Crippen molar-refractivity contribution in [3.05, 3.63) is 29.8 Å². The van der Waals surface area contributed by atoms with Crippen LogP contribution in [0.2, 0.25) is 0 Å². The zero-order chi connectivity index (χ0) is 16.9. The van der Waals surface area contributed by atoms with Crippen molar-refractivity contribution in [1.29, 1.82) is 0 Å². The summed E-state index contributed by atoms with van der Waals surface area (Å²) in [7, 11) is -4.71. The molecular formula is C13H15F2NO5S. The highest BCUT2D eigenvalue weighted by Crippen LogP contribution is 2.19. The number of benzene rings is 1. The number of carbonyl (C=O) groups excluding carboxylic acids is 2. The van der Waals surface area contributed by atoms with Crippen LogP contribution in [0.3, 0.4) is 0 Å². The number of esters is 1. The molecule has 1 amide bonds. The van der Waals surface area contributed by atoms with Gasteiger partial charge in [0.1, 0.15) is 0 Å². The molecule has 0 spiro atoms. The normalized spacial score (nSPS) is 12.8. The lowest BCUT2D eigenvalue weighted by Crippen LogP contribution is -2.35. The van der Waals surface area contributed by atoms with Crippen LogP contribution in [0.25, 0.3) is 0 Å². The third kappa shape index (κ3) is 4.23. The Labute approximate surface area is 126 Å². The molecule has 0 aliphatic heterocycles. The summed E-state index contributed by atoms with van der Waals surface area (Å²) in [4.78, 5) is 22.6. The summed E-state index contributed by atoms with van der Waals surface area (Å²) < 4.78 is 52.1. The second-order valence-electron chi connectivity index (χ2n) is 4.27. The van der Waals surface area contributed by atoms with Crippen molar-refractivity contribution in [3.8, 4) is 0 Å². The molecule has 0 radical (unpaired) electrons. The molecule has 6 nitrogen and oxygen atoms in total. The fourth-order valence-corrected chi connectivity index (χ4v) is 2.20. The lowest BCUT2D eigenvalue weighted by Gasteiger charge is -2.12. The predicted octanol–water partition coefficient (Wildman–Crippen LogP) is 1.36. The van der Waals surface area contributed by atoms with Crippen LogP contribution >= 0.6 is 0 Å². The van der Waals surface area contributed by atoms with Crippen molar-refractivity contribution in [1.82, 2.24) is 5.32 Å². The molecule has 1 atom stereocenters. The Hall–Kier alpha value is -2.03. The number of nitrogens with one attached hydrogen (secondary N) is 1. The van der Waals surface area contributed by atoms with E-state index in [1.165, 1.54) is 6.92 Å². The molecule has 0 heterocycles. The Morgan fingerprint density at radius 3 is 2.23 bits per heavy atom. The monoisotopic (exact) mass is 335 g/mol. The van der Waals surface area contributed by atoms with Crippen molar-refractivity contribution in [2.24, 2.45) is 0 Å². The molecule has 0 bridgehead atoms. The van der Waals surface area contributed by atoms with E-state index in [0.29, 0.717) is 6.54 Å². The number of halogens is 2. The number of hydrogen-bond donors (Lipinski definition) is 1. The summed E-state index contributed by atoms with van der Waals surface area (Å²) >= 11 is 0. The van der Waals surface area contributed by atoms with Crippen LogP contribution in [0.15, 0.2) is 29.2 Å². The van der Waals surface area contributed by atoms with Gasteiger partial charge in [-0.2, -0.15) is 8.78 Å². The molecule has 9 heteroatoms. The average Bonchev–Trinajstić information content (AvgIpc) is 2.47. The number of alkyl halides is 2. The predicted molar refractivity (Wildman–Crippen MR) is 73.2 cm³/mol. The Balaban J connectivity index is 2.83. The van der Waals surface area contributed by atoms with Gasteiger partial charge < -0.3 is 10.1 Å². The van der Waals surface area contributed by atoms with Crippen LogP contribution in [-0.4, -0.2) is 38.7 Å². The fourth-order valence-electron chi connectivity index (χ4n) is 1.48. The van der Waals surface area contributed by atoms with E-state index >= 15 is 0 Å². The number of rotatable bonds is 6. The van der Waals surface area contributed by atoms with Gasteiger partial charge in [-0.3, -0.25) is 4.79 Å². The summed E-state index contributed by atoms with van der Waals surface area (Å²) in [5, 5.41) is 2.46. The first-order valence-corrected chi connectivity index (χ1v) is 7.85. The quantitative estimate of drug-likeness (QED) is 0.793. The molecule has 122 valence electrons. The topological polar surface area (TPSA) is 89.5 Å². The maximum atomic E-state index is 12.4. The first-order chi connectivity index (χ1) is 10.2. The van der Waals surface area contributed by atoms with Crippen LogP contribution in [0.4, 0.5) is 8.78 Å². The van der Waals surface area contributed by atoms with E-state index in [9.17, 15) is 26.8 Å². The summed E-state index contributed by atoms with van der Waals surface area (Å²) in [5.74, 6) is -4.88. The molecule has 22 heavy (non-hydrogen) atoms. The molecular weight excluding hydrogens is 320 g/mol. The van der Waals surface area contributed by atoms with E-state index in [1.807, 2.05) is 0 Å². The summed E-state index contributed by atoms with van der Waals surface area (Å²) in [6, 6.07) is 3.85. The Morgan fingerprint density at radius 2 is 1.77 bits per heavy atom. The number of ether oxygens (including phenoxy) is 1. The maximum absolute atomic E-state index is 12.4. The van der Waals surface area contributed by atoms with E-state index in [1.54, 1.807) is 6.92 Å². The van der Waals surface area contributed by atoms with Crippen LogP contribution in [0.5, 0.6) is 0 Å². The minimum absolute atomic E-state index is 0.0515. The highest BCUT2D eigenvalue weighted by molar-refractivity contribution is 7.91. The molecule has 0 saturated carbocycles. The van der Waals surface area contributed by atoms with Crippen molar-refractivity contribution >= 4 is 21.7 Å². The van der Waals surface area contributed by atoms with E-state index in [2.05, 4.69) is 5.32 Å². The Bertz CT molecular complexity index is 643. The minimum Gasteiger partial charge on any atom is -0.449 e. The molecule has 1 N–H and O–H groups in total. The zero-order valence-electron chi connectivity index (χ0n) is 11.9. The molecule has 1 rings (SSSR count). The van der Waals surface area contributed by atoms with E-state index in [4.69, 9.17) is 4.74 Å². The number of amides is 1. The summed E-state index contributed by atoms with van der Waals surface area (Å²) in [5.41, 5.74) is -0.0515. The van der Waals surface area contributed by atoms with Gasteiger partial charge in [-0.05, 0) is 38.1 Å². The van der Waals surface area contributed by atoms with E-state index in [-0.39, 0.29) is 5.56 Å². The number of likely N-dealkylation sites (N-methyl/N-ethyl adjacent to an activating group) is 1. The molecule has 0 fully saturated rings. The summed E-state index contributed by atoms with van der Waals surface area (Å²) in [6.45, 7) is 3.45. The lowest BCUT2D eigenvalue weighted by atomic mass is 10.2. The average molecular weight is 335 g/mol. The maximum Gasteiger partial charge on any atom is 0.341 e. The van der Waals surface area contributed by atoms with E-state index in [0.717, 1.165) is 24.3 Å². The number of carbonyl (C=O) groups is 2. The van der Waals surface area contributed by atoms with Crippen molar-refractivity contribution < 1.29 is 31.5 Å². The van der Waals surface area contributed by atoms with Gasteiger partial charge in [0.2, 0.25) is 9.84 Å². The second-order valence-corrected chi connectivity index (χ2v) is 6.19. The zero-order valence-corrected chi connectivity index (χ0v) is 12.7. The largest absolute Gasteiger partial charge is 0.449 e. The minimum atomic E-state index is -4.71. The molecule has 0 aliphatic rings. The summed E-state index contributed by atoms with van der Waals surface area (Å²) in [6.07, 6.45) is -1.03. The van der Waals surface area contributed by atoms with Gasteiger partial charge in [0, 0.05) is 6.54 Å². The van der Waals surface area contributed by atoms with Gasteiger partial charge in [0.05, 0.1) is 10.5 Å². The van der Waals surface area contributed by atoms with Crippen molar-refractivity contribution in [2.45, 2.75) is 30.6 Å². The van der Waals surface area contributed by atoms with Gasteiger partial charge in [-0.15, -0.1) is 0 Å². The molecule has 0 saturated heterocycles. The highest BCUT2D eigenvalue weighted by Gasteiger charge is 2.27. The van der Waals surface area contributed by atoms with Crippen molar-refractivity contribution in [2.75, 3.05) is 6.54 Å². The van der Waals surface area contributed by atoms with Crippen LogP contribution in [0.1, 0.15) is 24.2 Å². The Morgan fingerprint density at radius 1 is 1.23 bits per heavy atom. The fraction of sp³-hybridized carbons (Fsp3) is 0.385. The molecule has 0 aliphatic carbocycles. The molecule has 1 aromatic carbocycles. The van der Waals surface area contributed by atoms with Gasteiger partial charge in [-0.25, -0.2) is 13.2 Å². The second kappa shape index (κ2) is 7.30. The van der Waals surface area contributed by atoms with Crippen LogP contribution < -0.4 is 5.32 Å². The van der Waals surface area contributed by atoms with E-state index < -0.39 is 38.5 Å². The molecule has 0 unspecified atom stereocenters. The standard InChI is InChI=1S/C13H15F2NO5S/c1-3-16-11(17)8(2)21-12(18)9-4-6-10(7-5-9)22(19,20)13(14)15/h4-8,13H,3H2,1-2H3,(H,16,17)/t8-/m0/s1. The lowest BCUT2D eigenvalue weighted by molar-refractivity contribution is -0.128. The number of hydrogen-bond acceptors (Lipinski definition) is 5. The Kier molecular flexibility index (Phi) is 5.98. The van der Waals surface area contributed by atoms with Gasteiger partial charge >= 0.3 is 11.7 Å².